The molecule has 0 aliphatic heterocycles. The van der Waals surface area contributed by atoms with Crippen LogP contribution >= 0.6 is 23.4 Å². The number of hydrogen-bond donors (Lipinski definition) is 2. The van der Waals surface area contributed by atoms with Crippen LogP contribution in [0.2, 0.25) is 5.02 Å². The summed E-state index contributed by atoms with van der Waals surface area (Å²) in [6.07, 6.45) is 1.19. The first-order valence-corrected chi connectivity index (χ1v) is 7.42. The number of aromatic amines is 1. The Bertz CT molecular complexity index is 642. The predicted octanol–water partition coefficient (Wildman–Crippen LogP) is 3.10. The molecule has 0 saturated carbocycles. The Hall–Kier alpha value is -1.99. The molecule has 0 aliphatic rings. The Morgan fingerprint density at radius 1 is 1.38 bits per heavy atom. The van der Waals surface area contributed by atoms with Crippen molar-refractivity contribution in [2.75, 3.05) is 12.3 Å². The zero-order valence-electron chi connectivity index (χ0n) is 10.8. The third-order valence-electron chi connectivity index (χ3n) is 2.59. The molecule has 2 N–H and O–H groups in total. The topological polar surface area (TPSA) is 88.0 Å². The van der Waals surface area contributed by atoms with Gasteiger partial charge >= 0.3 is 0 Å². The number of carbonyl (C=O) groups is 1. The third kappa shape index (κ3) is 4.51. The van der Waals surface area contributed by atoms with E-state index in [1.807, 2.05) is 12.1 Å². The summed E-state index contributed by atoms with van der Waals surface area (Å²) in [5, 5.41) is 13.9. The van der Waals surface area contributed by atoms with Gasteiger partial charge in [-0.15, -0.1) is 11.8 Å². The van der Waals surface area contributed by atoms with Crippen molar-refractivity contribution in [3.8, 4) is 0 Å². The van der Waals surface area contributed by atoms with E-state index in [0.29, 0.717) is 17.3 Å². The second-order valence-electron chi connectivity index (χ2n) is 4.09. The number of nitro groups is 1. The van der Waals surface area contributed by atoms with Crippen molar-refractivity contribution < 1.29 is 9.72 Å². The average molecular weight is 326 g/mol. The predicted molar refractivity (Wildman–Crippen MR) is 82.0 cm³/mol. The number of hydrogen-bond acceptors (Lipinski definition) is 4. The van der Waals surface area contributed by atoms with Crippen LogP contribution in [0.15, 0.2) is 41.4 Å². The minimum atomic E-state index is -0.552. The van der Waals surface area contributed by atoms with Gasteiger partial charge in [-0.3, -0.25) is 14.9 Å². The Balaban J connectivity index is 1.76. The van der Waals surface area contributed by atoms with Crippen molar-refractivity contribution in [3.05, 3.63) is 57.4 Å². The highest BCUT2D eigenvalue weighted by Crippen LogP contribution is 2.19. The fourth-order valence-corrected chi connectivity index (χ4v) is 2.47. The second-order valence-corrected chi connectivity index (χ2v) is 5.69. The molecule has 0 unspecified atom stereocenters. The summed E-state index contributed by atoms with van der Waals surface area (Å²) in [5.41, 5.74) is 0.0499. The number of halogens is 1. The highest BCUT2D eigenvalue weighted by atomic mass is 35.5. The molecule has 2 aromatic rings. The van der Waals surface area contributed by atoms with Crippen LogP contribution in [0.25, 0.3) is 0 Å². The van der Waals surface area contributed by atoms with Gasteiger partial charge in [0.25, 0.3) is 11.6 Å². The lowest BCUT2D eigenvalue weighted by molar-refractivity contribution is -0.384. The van der Waals surface area contributed by atoms with Crippen LogP contribution in [-0.2, 0) is 0 Å². The van der Waals surface area contributed by atoms with Crippen LogP contribution in [0, 0.1) is 10.1 Å². The van der Waals surface area contributed by atoms with Crippen molar-refractivity contribution in [3.63, 3.8) is 0 Å². The molecular weight excluding hydrogens is 314 g/mol. The fourth-order valence-electron chi connectivity index (χ4n) is 1.58. The summed E-state index contributed by atoms with van der Waals surface area (Å²) in [6, 6.07) is 8.63. The monoisotopic (exact) mass is 325 g/mol. The average Bonchev–Trinajstić information content (AvgIpc) is 2.95. The van der Waals surface area contributed by atoms with Crippen LogP contribution in [0.4, 0.5) is 5.69 Å². The molecule has 6 nitrogen and oxygen atoms in total. The van der Waals surface area contributed by atoms with E-state index in [1.165, 1.54) is 12.3 Å². The number of benzene rings is 1. The van der Waals surface area contributed by atoms with Crippen molar-refractivity contribution in [1.82, 2.24) is 10.3 Å². The van der Waals surface area contributed by atoms with Gasteiger partial charge in [0.15, 0.2) is 0 Å². The molecule has 0 aliphatic carbocycles. The molecule has 0 saturated heterocycles. The highest BCUT2D eigenvalue weighted by Gasteiger charge is 2.13. The number of amides is 1. The maximum absolute atomic E-state index is 11.7. The number of H-pyrrole nitrogens is 1. The first-order valence-electron chi connectivity index (χ1n) is 6.05. The quantitative estimate of drug-likeness (QED) is 0.370. The lowest BCUT2D eigenvalue weighted by atomic mass is 10.4. The molecule has 1 heterocycles. The molecule has 0 bridgehead atoms. The normalized spacial score (nSPS) is 10.3. The van der Waals surface area contributed by atoms with Crippen LogP contribution in [0.5, 0.6) is 0 Å². The van der Waals surface area contributed by atoms with Crippen molar-refractivity contribution in [2.24, 2.45) is 0 Å². The molecule has 0 spiro atoms. The van der Waals surface area contributed by atoms with E-state index in [4.69, 9.17) is 11.6 Å². The summed E-state index contributed by atoms with van der Waals surface area (Å²) in [7, 11) is 0. The van der Waals surface area contributed by atoms with Crippen LogP contribution in [-0.4, -0.2) is 28.1 Å². The minimum Gasteiger partial charge on any atom is -0.351 e. The molecule has 2 rings (SSSR count). The molecule has 0 radical (unpaired) electrons. The van der Waals surface area contributed by atoms with E-state index < -0.39 is 4.92 Å². The largest absolute Gasteiger partial charge is 0.351 e. The van der Waals surface area contributed by atoms with E-state index in [1.54, 1.807) is 23.9 Å². The summed E-state index contributed by atoms with van der Waals surface area (Å²) in [5.74, 6) is 0.329. The van der Waals surface area contributed by atoms with E-state index in [2.05, 4.69) is 10.3 Å². The molecule has 1 aromatic heterocycles. The molecule has 110 valence electrons. The standard InChI is InChI=1S/C13H12ClN3O3S/c14-9-1-3-11(4-2-9)21-6-5-15-13(18)12-7-10(8-16-12)17(19)20/h1-4,7-8,16H,5-6H2,(H,15,18). The number of carbonyl (C=O) groups excluding carboxylic acids is 1. The molecule has 0 fully saturated rings. The number of rotatable bonds is 6. The van der Waals surface area contributed by atoms with Gasteiger partial charge in [0, 0.05) is 28.3 Å². The summed E-state index contributed by atoms with van der Waals surface area (Å²) in [4.78, 5) is 25.3. The molecule has 1 aromatic carbocycles. The SMILES string of the molecule is O=C(NCCSc1ccc(Cl)cc1)c1cc([N+](=O)[O-])c[nH]1. The molecule has 21 heavy (non-hydrogen) atoms. The number of thioether (sulfide) groups is 1. The zero-order chi connectivity index (χ0) is 15.2. The van der Waals surface area contributed by atoms with Crippen molar-refractivity contribution in [2.45, 2.75) is 4.90 Å². The maximum Gasteiger partial charge on any atom is 0.287 e. The van der Waals surface area contributed by atoms with Gasteiger partial charge in [-0.05, 0) is 24.3 Å². The second kappa shape index (κ2) is 7.14. The van der Waals surface area contributed by atoms with Gasteiger partial charge < -0.3 is 10.3 Å². The Kier molecular flexibility index (Phi) is 5.24. The van der Waals surface area contributed by atoms with Gasteiger partial charge in [0.05, 0.1) is 11.1 Å². The lowest BCUT2D eigenvalue weighted by Gasteiger charge is -2.04. The Labute approximate surface area is 130 Å². The summed E-state index contributed by atoms with van der Waals surface area (Å²) < 4.78 is 0. The smallest absolute Gasteiger partial charge is 0.287 e. The first-order chi connectivity index (χ1) is 10.1. The van der Waals surface area contributed by atoms with E-state index in [-0.39, 0.29) is 17.3 Å². The molecule has 1 amide bonds. The fraction of sp³-hybridized carbons (Fsp3) is 0.154. The number of nitrogens with one attached hydrogen (secondary N) is 2. The van der Waals surface area contributed by atoms with Crippen molar-refractivity contribution >= 4 is 35.0 Å². The molecular formula is C13H12ClN3O3S. The van der Waals surface area contributed by atoms with Crippen LogP contribution in [0.3, 0.4) is 0 Å². The maximum atomic E-state index is 11.7. The van der Waals surface area contributed by atoms with Gasteiger partial charge in [0.1, 0.15) is 5.69 Å². The van der Waals surface area contributed by atoms with Crippen LogP contribution in [0.1, 0.15) is 10.5 Å². The van der Waals surface area contributed by atoms with Gasteiger partial charge in [-0.25, -0.2) is 0 Å². The van der Waals surface area contributed by atoms with E-state index in [0.717, 1.165) is 4.90 Å². The number of nitrogens with zero attached hydrogens (tertiary/aromatic N) is 1. The van der Waals surface area contributed by atoms with E-state index in [9.17, 15) is 14.9 Å². The lowest BCUT2D eigenvalue weighted by Crippen LogP contribution is -2.25. The van der Waals surface area contributed by atoms with Gasteiger partial charge in [0.2, 0.25) is 0 Å². The summed E-state index contributed by atoms with van der Waals surface area (Å²) in [6.45, 7) is 0.457. The Morgan fingerprint density at radius 2 is 2.10 bits per heavy atom. The highest BCUT2D eigenvalue weighted by molar-refractivity contribution is 7.99. The molecule has 8 heteroatoms. The van der Waals surface area contributed by atoms with Crippen LogP contribution < -0.4 is 5.32 Å². The summed E-state index contributed by atoms with van der Waals surface area (Å²) >= 11 is 7.37. The van der Waals surface area contributed by atoms with Crippen molar-refractivity contribution in [1.29, 1.82) is 0 Å². The van der Waals surface area contributed by atoms with Gasteiger partial charge in [-0.1, -0.05) is 11.6 Å². The third-order valence-corrected chi connectivity index (χ3v) is 3.86. The molecule has 0 atom stereocenters. The minimum absolute atomic E-state index is 0.129. The van der Waals surface area contributed by atoms with E-state index >= 15 is 0 Å². The Morgan fingerprint density at radius 3 is 2.71 bits per heavy atom. The zero-order valence-corrected chi connectivity index (χ0v) is 12.4. The first kappa shape index (κ1) is 15.4. The number of aromatic nitrogens is 1. The van der Waals surface area contributed by atoms with Gasteiger partial charge in [-0.2, -0.15) is 0 Å².